The minimum absolute atomic E-state index is 0.148. The fourth-order valence-electron chi connectivity index (χ4n) is 1.83. The largest absolute Gasteiger partial charge is 0.364 e. The van der Waals surface area contributed by atoms with Gasteiger partial charge < -0.3 is 10.7 Å². The Morgan fingerprint density at radius 1 is 1.10 bits per heavy atom. The average molecular weight is 286 g/mol. The summed E-state index contributed by atoms with van der Waals surface area (Å²) < 4.78 is 0. The number of hydrogen-bond acceptors (Lipinski definition) is 6. The zero-order valence-corrected chi connectivity index (χ0v) is 12.9. The Hall–Kier alpha value is -2.21. The highest BCUT2D eigenvalue weighted by Gasteiger charge is 2.19. The Balaban J connectivity index is 2.19. The number of nitrogens with zero attached hydrogens (tertiary/aromatic N) is 3. The smallest absolute Gasteiger partial charge is 0.145 e. The van der Waals surface area contributed by atoms with E-state index in [-0.39, 0.29) is 5.41 Å². The first-order valence-electron chi connectivity index (χ1n) is 6.91. The van der Waals surface area contributed by atoms with E-state index in [0.717, 1.165) is 23.0 Å². The van der Waals surface area contributed by atoms with Gasteiger partial charge in [0.05, 0.1) is 12.2 Å². The summed E-state index contributed by atoms with van der Waals surface area (Å²) in [4.78, 5) is 13.4. The maximum atomic E-state index is 5.48. The number of anilines is 2. The van der Waals surface area contributed by atoms with Gasteiger partial charge in [0.15, 0.2) is 0 Å². The third kappa shape index (κ3) is 4.13. The van der Waals surface area contributed by atoms with Gasteiger partial charge in [-0.2, -0.15) is 0 Å². The molecule has 0 radical (unpaired) electrons. The van der Waals surface area contributed by atoms with Crippen molar-refractivity contribution >= 4 is 11.6 Å². The van der Waals surface area contributed by atoms with Crippen molar-refractivity contribution in [1.82, 2.24) is 15.0 Å². The summed E-state index contributed by atoms with van der Waals surface area (Å²) in [5.74, 6) is 7.53. The summed E-state index contributed by atoms with van der Waals surface area (Å²) in [6, 6.07) is 7.73. The molecule has 0 aromatic carbocycles. The molecule has 0 aliphatic heterocycles. The van der Waals surface area contributed by atoms with Crippen LogP contribution in [0.2, 0.25) is 0 Å². The third-order valence-electron chi connectivity index (χ3n) is 2.94. The second-order valence-corrected chi connectivity index (χ2v) is 5.98. The maximum absolute atomic E-state index is 5.48. The first-order valence-corrected chi connectivity index (χ1v) is 6.91. The van der Waals surface area contributed by atoms with Crippen molar-refractivity contribution in [1.29, 1.82) is 0 Å². The molecule has 112 valence electrons. The Bertz CT molecular complexity index is 618. The molecule has 2 aromatic rings. The molecule has 0 spiro atoms. The molecule has 6 nitrogen and oxygen atoms in total. The number of aromatic nitrogens is 3. The molecular formula is C15H22N6. The summed E-state index contributed by atoms with van der Waals surface area (Å²) in [6.07, 6.45) is 0. The number of rotatable bonds is 4. The summed E-state index contributed by atoms with van der Waals surface area (Å²) in [5.41, 5.74) is 4.40. The van der Waals surface area contributed by atoms with Crippen LogP contribution in [0.3, 0.4) is 0 Å². The Morgan fingerprint density at radius 2 is 1.81 bits per heavy atom. The van der Waals surface area contributed by atoms with Gasteiger partial charge in [-0.1, -0.05) is 26.8 Å². The molecule has 0 atom stereocenters. The second kappa shape index (κ2) is 6.05. The van der Waals surface area contributed by atoms with Crippen molar-refractivity contribution in [2.45, 2.75) is 39.7 Å². The van der Waals surface area contributed by atoms with Gasteiger partial charge in [-0.05, 0) is 19.1 Å². The third-order valence-corrected chi connectivity index (χ3v) is 2.94. The van der Waals surface area contributed by atoms with Gasteiger partial charge in [-0.15, -0.1) is 0 Å². The molecule has 0 saturated carbocycles. The molecule has 2 rings (SSSR count). The Labute approximate surface area is 125 Å². The highest BCUT2D eigenvalue weighted by Crippen LogP contribution is 2.22. The van der Waals surface area contributed by atoms with E-state index in [1.165, 1.54) is 0 Å². The number of pyridine rings is 1. The molecule has 0 unspecified atom stereocenters. The Kier molecular flexibility index (Phi) is 4.37. The number of nitrogen functional groups attached to an aromatic ring is 1. The van der Waals surface area contributed by atoms with Crippen LogP contribution >= 0.6 is 0 Å². The normalized spacial score (nSPS) is 11.3. The lowest BCUT2D eigenvalue weighted by Crippen LogP contribution is -2.20. The molecule has 0 bridgehead atoms. The van der Waals surface area contributed by atoms with E-state index < -0.39 is 0 Å². The molecule has 0 aliphatic carbocycles. The number of hydrazine groups is 1. The summed E-state index contributed by atoms with van der Waals surface area (Å²) in [7, 11) is 0. The molecule has 0 saturated heterocycles. The van der Waals surface area contributed by atoms with Gasteiger partial charge in [-0.3, -0.25) is 4.98 Å². The zero-order chi connectivity index (χ0) is 15.5. The van der Waals surface area contributed by atoms with E-state index in [2.05, 4.69) is 46.5 Å². The SMILES string of the molecule is Cc1cccc(CNc2cc(NN)nc(C(C)(C)C)n2)n1. The first-order chi connectivity index (χ1) is 9.88. The minimum atomic E-state index is -0.148. The van der Waals surface area contributed by atoms with Crippen LogP contribution in [0, 0.1) is 6.92 Å². The van der Waals surface area contributed by atoms with Gasteiger partial charge >= 0.3 is 0 Å². The number of hydrogen-bond donors (Lipinski definition) is 3. The Morgan fingerprint density at radius 3 is 2.43 bits per heavy atom. The molecular weight excluding hydrogens is 264 g/mol. The first kappa shape index (κ1) is 15.2. The van der Waals surface area contributed by atoms with E-state index >= 15 is 0 Å². The van der Waals surface area contributed by atoms with E-state index in [1.807, 2.05) is 25.1 Å². The molecule has 0 amide bonds. The van der Waals surface area contributed by atoms with Crippen LogP contribution in [0.25, 0.3) is 0 Å². The lowest BCUT2D eigenvalue weighted by Gasteiger charge is -2.18. The number of nitrogens with two attached hydrogens (primary N) is 1. The molecule has 0 fully saturated rings. The van der Waals surface area contributed by atoms with Gasteiger partial charge in [0.2, 0.25) is 0 Å². The van der Waals surface area contributed by atoms with E-state index in [4.69, 9.17) is 5.84 Å². The fourth-order valence-corrected chi connectivity index (χ4v) is 1.83. The minimum Gasteiger partial charge on any atom is -0.364 e. The standard InChI is InChI=1S/C15H22N6/c1-10-6-5-7-11(18-10)9-17-12-8-13(21-16)20-14(19-12)15(2,3)4/h5-8H,9,16H2,1-4H3,(H2,17,19,20,21). The van der Waals surface area contributed by atoms with Crippen LogP contribution < -0.4 is 16.6 Å². The predicted octanol–water partition coefficient (Wildman–Crippen LogP) is 2.38. The van der Waals surface area contributed by atoms with Crippen molar-refractivity contribution in [2.75, 3.05) is 10.7 Å². The number of nitrogens with one attached hydrogen (secondary N) is 2. The van der Waals surface area contributed by atoms with Crippen molar-refractivity contribution in [3.8, 4) is 0 Å². The van der Waals surface area contributed by atoms with Crippen LogP contribution in [-0.4, -0.2) is 15.0 Å². The lowest BCUT2D eigenvalue weighted by molar-refractivity contribution is 0.546. The predicted molar refractivity (Wildman–Crippen MR) is 84.8 cm³/mol. The summed E-state index contributed by atoms with van der Waals surface area (Å²) in [5, 5.41) is 3.27. The van der Waals surface area contributed by atoms with E-state index in [1.54, 1.807) is 6.07 Å². The van der Waals surface area contributed by atoms with Crippen LogP contribution in [0.4, 0.5) is 11.6 Å². The van der Waals surface area contributed by atoms with Crippen LogP contribution in [-0.2, 0) is 12.0 Å². The number of aryl methyl sites for hydroxylation is 1. The van der Waals surface area contributed by atoms with Crippen LogP contribution in [0.15, 0.2) is 24.3 Å². The van der Waals surface area contributed by atoms with Crippen molar-refractivity contribution in [3.05, 3.63) is 41.5 Å². The van der Waals surface area contributed by atoms with Gasteiger partial charge in [0.1, 0.15) is 17.5 Å². The quantitative estimate of drug-likeness (QED) is 0.590. The monoisotopic (exact) mass is 286 g/mol. The van der Waals surface area contributed by atoms with Crippen LogP contribution in [0.1, 0.15) is 38.0 Å². The lowest BCUT2D eigenvalue weighted by atomic mass is 9.96. The summed E-state index contributed by atoms with van der Waals surface area (Å²) in [6.45, 7) is 8.77. The maximum Gasteiger partial charge on any atom is 0.145 e. The van der Waals surface area contributed by atoms with Gasteiger partial charge in [0.25, 0.3) is 0 Å². The molecule has 21 heavy (non-hydrogen) atoms. The molecule has 6 heteroatoms. The van der Waals surface area contributed by atoms with Crippen LogP contribution in [0.5, 0.6) is 0 Å². The molecule has 0 aliphatic rings. The highest BCUT2D eigenvalue weighted by atomic mass is 15.3. The average Bonchev–Trinajstić information content (AvgIpc) is 2.44. The summed E-state index contributed by atoms with van der Waals surface area (Å²) >= 11 is 0. The van der Waals surface area contributed by atoms with Crippen molar-refractivity contribution in [3.63, 3.8) is 0 Å². The zero-order valence-electron chi connectivity index (χ0n) is 12.9. The molecule has 2 heterocycles. The fraction of sp³-hybridized carbons (Fsp3) is 0.400. The van der Waals surface area contributed by atoms with Crippen molar-refractivity contribution < 1.29 is 0 Å². The van der Waals surface area contributed by atoms with E-state index in [9.17, 15) is 0 Å². The van der Waals surface area contributed by atoms with E-state index in [0.29, 0.717) is 12.4 Å². The van der Waals surface area contributed by atoms with Gasteiger partial charge in [-0.25, -0.2) is 15.8 Å². The second-order valence-electron chi connectivity index (χ2n) is 5.98. The molecule has 4 N–H and O–H groups in total. The van der Waals surface area contributed by atoms with Crippen molar-refractivity contribution in [2.24, 2.45) is 5.84 Å². The highest BCUT2D eigenvalue weighted by molar-refractivity contribution is 5.47. The van der Waals surface area contributed by atoms with Gasteiger partial charge in [0, 0.05) is 17.2 Å². The topological polar surface area (TPSA) is 88.8 Å². The molecule has 2 aromatic heterocycles.